The number of carbonyl (C=O) groups excluding carboxylic acids is 1. The van der Waals surface area contributed by atoms with Gasteiger partial charge in [0.15, 0.2) is 0 Å². The van der Waals surface area contributed by atoms with Crippen molar-refractivity contribution >= 4 is 18.3 Å². The van der Waals surface area contributed by atoms with Crippen molar-refractivity contribution in [3.8, 4) is 0 Å². The number of hydrogen-bond acceptors (Lipinski definition) is 2. The second-order valence-electron chi connectivity index (χ2n) is 5.28. The number of nitrogens with one attached hydrogen (secondary N) is 1. The molecule has 0 aromatic heterocycles. The highest BCUT2D eigenvalue weighted by molar-refractivity contribution is 5.95. The maximum absolute atomic E-state index is 12.4. The van der Waals surface area contributed by atoms with Gasteiger partial charge in [-0.25, -0.2) is 0 Å². The number of likely N-dealkylation sites (tertiary alicyclic amines) is 1. The third kappa shape index (κ3) is 3.71. The highest BCUT2D eigenvalue weighted by atomic mass is 35.5. The molecule has 1 heterocycles. The quantitative estimate of drug-likeness (QED) is 0.923. The van der Waals surface area contributed by atoms with Crippen molar-refractivity contribution in [2.75, 3.05) is 26.7 Å². The van der Waals surface area contributed by atoms with Crippen molar-refractivity contribution in [2.45, 2.75) is 20.3 Å². The zero-order valence-corrected chi connectivity index (χ0v) is 12.7. The lowest BCUT2D eigenvalue weighted by Gasteiger charge is -2.18. The maximum Gasteiger partial charge on any atom is 0.254 e. The molecule has 0 saturated carbocycles. The Kier molecular flexibility index (Phi) is 5.83. The SMILES string of the molecule is CNCC1CCN(C(=O)c2ccc(C)cc2C)C1.Cl. The number of amides is 1. The van der Waals surface area contributed by atoms with E-state index in [2.05, 4.69) is 18.3 Å². The highest BCUT2D eigenvalue weighted by Gasteiger charge is 2.26. The van der Waals surface area contributed by atoms with E-state index in [1.165, 1.54) is 5.56 Å². The highest BCUT2D eigenvalue weighted by Crippen LogP contribution is 2.20. The summed E-state index contributed by atoms with van der Waals surface area (Å²) in [6, 6.07) is 6.05. The molecule has 0 bridgehead atoms. The molecular formula is C15H23ClN2O. The van der Waals surface area contributed by atoms with Gasteiger partial charge in [-0.3, -0.25) is 4.79 Å². The van der Waals surface area contributed by atoms with Crippen LogP contribution in [0.15, 0.2) is 18.2 Å². The Hall–Kier alpha value is -1.06. The van der Waals surface area contributed by atoms with Gasteiger partial charge in [-0.1, -0.05) is 17.7 Å². The Morgan fingerprint density at radius 1 is 1.42 bits per heavy atom. The minimum absolute atomic E-state index is 0. The summed E-state index contributed by atoms with van der Waals surface area (Å²) in [6.07, 6.45) is 1.11. The molecule has 1 atom stereocenters. The molecule has 0 aliphatic carbocycles. The van der Waals surface area contributed by atoms with E-state index < -0.39 is 0 Å². The van der Waals surface area contributed by atoms with Crippen molar-refractivity contribution in [2.24, 2.45) is 5.92 Å². The van der Waals surface area contributed by atoms with E-state index in [0.29, 0.717) is 5.92 Å². The Labute approximate surface area is 121 Å². The summed E-state index contributed by atoms with van der Waals surface area (Å²) >= 11 is 0. The number of hydrogen-bond donors (Lipinski definition) is 1. The van der Waals surface area contributed by atoms with Gasteiger partial charge in [0, 0.05) is 18.7 Å². The molecule has 2 rings (SSSR count). The summed E-state index contributed by atoms with van der Waals surface area (Å²) in [7, 11) is 1.97. The zero-order valence-electron chi connectivity index (χ0n) is 11.9. The third-order valence-electron chi connectivity index (χ3n) is 3.68. The standard InChI is InChI=1S/C15H22N2O.ClH/c1-11-4-5-14(12(2)8-11)15(18)17-7-6-13(10-17)9-16-3;/h4-5,8,13,16H,6-7,9-10H2,1-3H3;1H. The van der Waals surface area contributed by atoms with E-state index in [9.17, 15) is 4.79 Å². The van der Waals surface area contributed by atoms with E-state index in [-0.39, 0.29) is 18.3 Å². The fraction of sp³-hybridized carbons (Fsp3) is 0.533. The van der Waals surface area contributed by atoms with E-state index >= 15 is 0 Å². The van der Waals surface area contributed by atoms with Gasteiger partial charge in [-0.2, -0.15) is 0 Å². The van der Waals surface area contributed by atoms with Crippen molar-refractivity contribution in [1.29, 1.82) is 0 Å². The van der Waals surface area contributed by atoms with Crippen molar-refractivity contribution < 1.29 is 4.79 Å². The summed E-state index contributed by atoms with van der Waals surface area (Å²) in [5.74, 6) is 0.788. The molecule has 106 valence electrons. The van der Waals surface area contributed by atoms with E-state index in [1.54, 1.807) is 0 Å². The Morgan fingerprint density at radius 2 is 2.16 bits per heavy atom. The predicted molar refractivity (Wildman–Crippen MR) is 81.1 cm³/mol. The molecule has 1 aromatic carbocycles. The van der Waals surface area contributed by atoms with Crippen LogP contribution < -0.4 is 5.32 Å². The van der Waals surface area contributed by atoms with Crippen LogP contribution in [0.25, 0.3) is 0 Å². The smallest absolute Gasteiger partial charge is 0.254 e. The zero-order chi connectivity index (χ0) is 13.1. The molecule has 0 spiro atoms. The van der Waals surface area contributed by atoms with E-state index in [4.69, 9.17) is 0 Å². The van der Waals surface area contributed by atoms with Gasteiger partial charge in [-0.15, -0.1) is 12.4 Å². The number of carbonyl (C=O) groups is 1. The van der Waals surface area contributed by atoms with Gasteiger partial charge in [0.2, 0.25) is 0 Å². The lowest BCUT2D eigenvalue weighted by Crippen LogP contribution is -2.30. The first-order valence-corrected chi connectivity index (χ1v) is 6.63. The largest absolute Gasteiger partial charge is 0.338 e. The number of halogens is 1. The van der Waals surface area contributed by atoms with Crippen LogP contribution in [0.3, 0.4) is 0 Å². The Bertz CT molecular complexity index is 448. The molecule has 4 heteroatoms. The minimum Gasteiger partial charge on any atom is -0.338 e. The molecule has 1 N–H and O–H groups in total. The molecule has 1 aromatic rings. The van der Waals surface area contributed by atoms with Crippen molar-refractivity contribution in [1.82, 2.24) is 10.2 Å². The van der Waals surface area contributed by atoms with Gasteiger partial charge < -0.3 is 10.2 Å². The van der Waals surface area contributed by atoms with Crippen LogP contribution in [0, 0.1) is 19.8 Å². The number of nitrogens with zero attached hydrogens (tertiary/aromatic N) is 1. The molecule has 3 nitrogen and oxygen atoms in total. The average Bonchev–Trinajstić information content (AvgIpc) is 2.77. The molecular weight excluding hydrogens is 260 g/mol. The van der Waals surface area contributed by atoms with Crippen LogP contribution in [0.5, 0.6) is 0 Å². The number of benzene rings is 1. The van der Waals surface area contributed by atoms with Gasteiger partial charge in [-0.05, 0) is 51.4 Å². The summed E-state index contributed by atoms with van der Waals surface area (Å²) < 4.78 is 0. The second-order valence-corrected chi connectivity index (χ2v) is 5.28. The number of aryl methyl sites for hydroxylation is 2. The molecule has 1 aliphatic rings. The van der Waals surface area contributed by atoms with Gasteiger partial charge in [0.05, 0.1) is 0 Å². The van der Waals surface area contributed by atoms with E-state index in [0.717, 1.165) is 37.2 Å². The predicted octanol–water partition coefficient (Wildman–Crippen LogP) is 2.41. The lowest BCUT2D eigenvalue weighted by atomic mass is 10.0. The Balaban J connectivity index is 0.00000180. The molecule has 0 radical (unpaired) electrons. The minimum atomic E-state index is 0. The van der Waals surface area contributed by atoms with Crippen LogP contribution in [0.2, 0.25) is 0 Å². The maximum atomic E-state index is 12.4. The average molecular weight is 283 g/mol. The Morgan fingerprint density at radius 3 is 2.79 bits per heavy atom. The van der Waals surface area contributed by atoms with Crippen LogP contribution in [0.1, 0.15) is 27.9 Å². The molecule has 1 unspecified atom stereocenters. The summed E-state index contributed by atoms with van der Waals surface area (Å²) in [4.78, 5) is 14.4. The molecule has 19 heavy (non-hydrogen) atoms. The molecule has 1 aliphatic heterocycles. The fourth-order valence-corrected chi connectivity index (χ4v) is 2.70. The molecule has 1 fully saturated rings. The summed E-state index contributed by atoms with van der Waals surface area (Å²) in [5.41, 5.74) is 3.14. The topological polar surface area (TPSA) is 32.3 Å². The fourth-order valence-electron chi connectivity index (χ4n) is 2.70. The number of rotatable bonds is 3. The molecule has 1 saturated heterocycles. The third-order valence-corrected chi connectivity index (χ3v) is 3.68. The molecule has 1 amide bonds. The lowest BCUT2D eigenvalue weighted by molar-refractivity contribution is 0.0786. The van der Waals surface area contributed by atoms with Gasteiger partial charge in [0.1, 0.15) is 0 Å². The first-order chi connectivity index (χ1) is 8.61. The first kappa shape index (κ1) is 16.0. The van der Waals surface area contributed by atoms with Crippen LogP contribution >= 0.6 is 12.4 Å². The van der Waals surface area contributed by atoms with Crippen molar-refractivity contribution in [3.63, 3.8) is 0 Å². The van der Waals surface area contributed by atoms with Gasteiger partial charge >= 0.3 is 0 Å². The van der Waals surface area contributed by atoms with Gasteiger partial charge in [0.25, 0.3) is 5.91 Å². The van der Waals surface area contributed by atoms with Crippen LogP contribution in [-0.4, -0.2) is 37.5 Å². The van der Waals surface area contributed by atoms with Crippen LogP contribution in [-0.2, 0) is 0 Å². The summed E-state index contributed by atoms with van der Waals surface area (Å²) in [5, 5.41) is 3.19. The normalized spacial score (nSPS) is 18.3. The van der Waals surface area contributed by atoms with Crippen molar-refractivity contribution in [3.05, 3.63) is 34.9 Å². The monoisotopic (exact) mass is 282 g/mol. The van der Waals surface area contributed by atoms with Crippen LogP contribution in [0.4, 0.5) is 0 Å². The summed E-state index contributed by atoms with van der Waals surface area (Å²) in [6.45, 7) is 6.84. The van der Waals surface area contributed by atoms with E-state index in [1.807, 2.05) is 31.0 Å². The second kappa shape index (κ2) is 6.92. The first-order valence-electron chi connectivity index (χ1n) is 6.63.